The summed E-state index contributed by atoms with van der Waals surface area (Å²) in [4.78, 5) is 39.2. The number of hydrogen-bond acceptors (Lipinski definition) is 5. The normalized spacial score (nSPS) is 5.75. The second kappa shape index (κ2) is 21.4. The van der Waals surface area contributed by atoms with Gasteiger partial charge in [0.25, 0.3) is 0 Å². The maximum absolute atomic E-state index is 9.95. The van der Waals surface area contributed by atoms with Gasteiger partial charge in [-0.1, -0.05) is 0 Å². The van der Waals surface area contributed by atoms with Crippen molar-refractivity contribution >= 4 is 204 Å². The molecule has 0 unspecified atom stereocenters. The van der Waals surface area contributed by atoms with Gasteiger partial charge in [-0.3, -0.25) is 0 Å². The summed E-state index contributed by atoms with van der Waals surface area (Å²) in [6.07, 6.45) is 0. The van der Waals surface area contributed by atoms with Crippen molar-refractivity contribution in [1.82, 2.24) is 0 Å². The predicted octanol–water partition coefficient (Wildman–Crippen LogP) is -5.82. The third-order valence-corrected chi connectivity index (χ3v) is 0.535. The van der Waals surface area contributed by atoms with Crippen LogP contribution in [0.1, 0.15) is 0 Å². The third-order valence-electron chi connectivity index (χ3n) is 0.535. The van der Waals surface area contributed by atoms with Gasteiger partial charge in [-0.2, -0.15) is 0 Å². The van der Waals surface area contributed by atoms with Crippen LogP contribution in [0.3, 0.4) is 0 Å². The van der Waals surface area contributed by atoms with Gasteiger partial charge >= 0.3 is 204 Å². The van der Waals surface area contributed by atoms with E-state index in [0.717, 1.165) is 0 Å². The van der Waals surface area contributed by atoms with Crippen molar-refractivity contribution in [2.75, 3.05) is 0 Å². The van der Waals surface area contributed by atoms with Crippen molar-refractivity contribution in [2.24, 2.45) is 0 Å². The Labute approximate surface area is 232 Å². The zero-order chi connectivity index (χ0) is 9.02. The fourth-order valence-electron chi connectivity index (χ4n) is 0.172. The standard InChI is InChI=1S/C4H2O7.2Ca.2Na.Sr.8H/c5-1(6)3(9)11-4(10)2(7)8;;;;;;;;;;;;;/h(H,5,6)(H,7,8);;;;;;;;;;;;;. The van der Waals surface area contributed by atoms with E-state index in [9.17, 15) is 19.2 Å². The predicted molar refractivity (Wildman–Crippen MR) is 66.3 cm³/mol. The molecule has 0 atom stereocenters. The second-order valence-corrected chi connectivity index (χ2v) is 1.29. The molecule has 12 heteroatoms. The topological polar surface area (TPSA) is 118 Å². The average Bonchev–Trinajstić information content (AvgIpc) is 1.87. The molecule has 0 saturated heterocycles. The van der Waals surface area contributed by atoms with Gasteiger partial charge < -0.3 is 14.9 Å². The Bertz CT molecular complexity index is 225. The van der Waals surface area contributed by atoms with Gasteiger partial charge in [0.05, 0.1) is 0 Å². The van der Waals surface area contributed by atoms with E-state index in [-0.39, 0.29) is 180 Å². The molecule has 0 saturated carbocycles. The molecule has 0 aliphatic heterocycles. The number of rotatable bonds is 0. The van der Waals surface area contributed by atoms with Gasteiger partial charge in [0, 0.05) is 0 Å². The summed E-state index contributed by atoms with van der Waals surface area (Å²) >= 11 is 0. The van der Waals surface area contributed by atoms with Crippen molar-refractivity contribution in [2.45, 2.75) is 0 Å². The molecule has 0 aliphatic rings. The molecular weight excluding hydrogens is 374 g/mol. The fraction of sp³-hybridized carbons (Fsp3) is 0. The van der Waals surface area contributed by atoms with Crippen LogP contribution in [0.2, 0.25) is 0 Å². The van der Waals surface area contributed by atoms with Gasteiger partial charge in [-0.15, -0.1) is 0 Å². The molecule has 2 N–H and O–H groups in total. The van der Waals surface area contributed by atoms with Gasteiger partial charge in [0.1, 0.15) is 0 Å². The minimum atomic E-state index is -2.03. The zero-order valence-electron chi connectivity index (χ0n) is 4.94. The number of hydrogen-bond donors (Lipinski definition) is 2. The Morgan fingerprint density at radius 1 is 0.750 bits per heavy atom. The Kier molecular flexibility index (Phi) is 49.3. The van der Waals surface area contributed by atoms with Crippen LogP contribution >= 0.6 is 0 Å². The molecule has 16 heavy (non-hydrogen) atoms. The second-order valence-electron chi connectivity index (χ2n) is 1.29. The van der Waals surface area contributed by atoms with Gasteiger partial charge in [-0.25, -0.2) is 19.2 Å². The van der Waals surface area contributed by atoms with E-state index in [2.05, 4.69) is 4.74 Å². The summed E-state index contributed by atoms with van der Waals surface area (Å²) in [5.74, 6) is -7.89. The SMILES string of the molecule is O=C(O)C(=O)OC(=O)C(=O)O.[CaH2].[CaH2].[NaH].[NaH].[SrH2]. The van der Waals surface area contributed by atoms with E-state index in [4.69, 9.17) is 10.2 Å². The quantitative estimate of drug-likeness (QED) is 0.185. The van der Waals surface area contributed by atoms with E-state index in [1.54, 1.807) is 0 Å². The molecule has 0 aliphatic carbocycles. The molecule has 0 spiro atoms. The van der Waals surface area contributed by atoms with Crippen LogP contribution < -0.4 is 0 Å². The van der Waals surface area contributed by atoms with Crippen LogP contribution in [0.4, 0.5) is 0 Å². The van der Waals surface area contributed by atoms with Crippen LogP contribution in [0.25, 0.3) is 0 Å². The van der Waals surface area contributed by atoms with Crippen molar-refractivity contribution in [3.05, 3.63) is 0 Å². The molecule has 0 fully saturated rings. The summed E-state index contributed by atoms with van der Waals surface area (Å²) in [5, 5.41) is 15.6. The number of carbonyl (C=O) groups excluding carboxylic acids is 2. The first-order valence-corrected chi connectivity index (χ1v) is 2.17. The molecule has 0 aromatic heterocycles. The molecule has 0 aromatic rings. The Morgan fingerprint density at radius 2 is 0.938 bits per heavy atom. The summed E-state index contributed by atoms with van der Waals surface area (Å²) < 4.78 is 3.30. The van der Waals surface area contributed by atoms with Gasteiger partial charge in [0.2, 0.25) is 0 Å². The fourth-order valence-corrected chi connectivity index (χ4v) is 0.172. The van der Waals surface area contributed by atoms with E-state index in [1.165, 1.54) is 0 Å². The summed E-state index contributed by atoms with van der Waals surface area (Å²) in [6.45, 7) is 0. The monoisotopic (exact) mass is 384 g/mol. The number of carboxylic acid groups (broad SMARTS) is 2. The zero-order valence-corrected chi connectivity index (χ0v) is 4.94. The van der Waals surface area contributed by atoms with Crippen molar-refractivity contribution < 1.29 is 34.1 Å². The van der Waals surface area contributed by atoms with E-state index >= 15 is 0 Å². The minimum absolute atomic E-state index is 0. The first-order chi connectivity index (χ1) is 4.95. The first kappa shape index (κ1) is 36.9. The molecule has 0 aromatic carbocycles. The summed E-state index contributed by atoms with van der Waals surface area (Å²) in [5.41, 5.74) is 0. The van der Waals surface area contributed by atoms with Gasteiger partial charge in [-0.05, 0) is 0 Å². The van der Waals surface area contributed by atoms with E-state index in [0.29, 0.717) is 0 Å². The molecule has 7 nitrogen and oxygen atoms in total. The molecule has 0 rings (SSSR count). The molecule has 0 radical (unpaired) electrons. The van der Waals surface area contributed by atoms with Crippen LogP contribution in [0, 0.1) is 0 Å². The number of ether oxygens (including phenoxy) is 1. The molecule has 0 heterocycles. The van der Waals surface area contributed by atoms with Crippen molar-refractivity contribution in [1.29, 1.82) is 0 Å². The Balaban J connectivity index is -0.0000000500. The Hall–Kier alpha value is 4.08. The van der Waals surface area contributed by atoms with E-state index in [1.807, 2.05) is 0 Å². The van der Waals surface area contributed by atoms with Crippen molar-refractivity contribution in [3.63, 3.8) is 0 Å². The van der Waals surface area contributed by atoms with Crippen LogP contribution in [0.5, 0.6) is 0 Å². The maximum atomic E-state index is 9.95. The molecule has 0 bridgehead atoms. The third kappa shape index (κ3) is 20.4. The summed E-state index contributed by atoms with van der Waals surface area (Å²) in [7, 11) is 0. The first-order valence-electron chi connectivity index (χ1n) is 2.17. The Morgan fingerprint density at radius 3 is 1.06 bits per heavy atom. The van der Waals surface area contributed by atoms with Crippen LogP contribution in [-0.4, -0.2) is 214 Å². The number of carboxylic acids is 2. The number of esters is 2. The summed E-state index contributed by atoms with van der Waals surface area (Å²) in [6, 6.07) is 0. The van der Waals surface area contributed by atoms with E-state index < -0.39 is 23.9 Å². The van der Waals surface area contributed by atoms with Gasteiger partial charge in [0.15, 0.2) is 0 Å². The average molecular weight is 384 g/mol. The molecule has 0 amide bonds. The number of carbonyl (C=O) groups is 4. The van der Waals surface area contributed by atoms with Crippen LogP contribution in [-0.2, 0) is 23.9 Å². The molecular formula is C4H10Ca2Na2O7Sr. The van der Waals surface area contributed by atoms with Crippen molar-refractivity contribution in [3.8, 4) is 0 Å². The van der Waals surface area contributed by atoms with Crippen LogP contribution in [0.15, 0.2) is 0 Å². The number of aliphatic carboxylic acids is 2. The molecule has 76 valence electrons.